The molecule has 4 nitrogen and oxygen atoms in total. The molecule has 0 saturated heterocycles. The number of hydrogen-bond donors (Lipinski definition) is 3. The molecule has 0 aliphatic rings. The summed E-state index contributed by atoms with van der Waals surface area (Å²) in [5.74, 6) is 0.0475. The lowest BCUT2D eigenvalue weighted by atomic mass is 10.1. The molecule has 82 valence electrons. The maximum absolute atomic E-state index is 10.8. The van der Waals surface area contributed by atoms with Crippen LogP contribution in [0.2, 0.25) is 0 Å². The van der Waals surface area contributed by atoms with Gasteiger partial charge in [0.15, 0.2) is 0 Å². The van der Waals surface area contributed by atoms with E-state index in [4.69, 9.17) is 5.11 Å². The van der Waals surface area contributed by atoms with Gasteiger partial charge < -0.3 is 15.5 Å². The summed E-state index contributed by atoms with van der Waals surface area (Å²) < 4.78 is 0. The molecule has 3 N–H and O–H groups in total. The highest BCUT2D eigenvalue weighted by Crippen LogP contribution is 2.22. The second-order valence-corrected chi connectivity index (χ2v) is 3.35. The molecule has 0 aliphatic carbocycles. The molecule has 0 spiro atoms. The number of phenols is 1. The fourth-order valence-electron chi connectivity index (χ4n) is 1.34. The summed E-state index contributed by atoms with van der Waals surface area (Å²) in [4.78, 5) is 10.8. The molecule has 1 aromatic rings. The first-order valence-electron chi connectivity index (χ1n) is 4.84. The summed E-state index contributed by atoms with van der Waals surface area (Å²) in [5.41, 5.74) is 1.39. The Balaban J connectivity index is 2.79. The van der Waals surface area contributed by atoms with E-state index in [-0.39, 0.29) is 18.3 Å². The van der Waals surface area contributed by atoms with Gasteiger partial charge >= 0.3 is 0 Å². The number of rotatable bonds is 4. The first-order valence-corrected chi connectivity index (χ1v) is 4.84. The Morgan fingerprint density at radius 1 is 1.47 bits per heavy atom. The molecule has 0 aliphatic heterocycles. The number of nitrogens with one attached hydrogen (secondary N) is 1. The van der Waals surface area contributed by atoms with Gasteiger partial charge in [-0.25, -0.2) is 0 Å². The van der Waals surface area contributed by atoms with Crippen LogP contribution < -0.4 is 5.32 Å². The second-order valence-electron chi connectivity index (χ2n) is 3.35. The third-order valence-electron chi connectivity index (χ3n) is 2.00. The number of anilines is 1. The van der Waals surface area contributed by atoms with Gasteiger partial charge in [-0.3, -0.25) is 4.79 Å². The number of phenolic OH excluding ortho intramolecular Hbond substituents is 1. The summed E-state index contributed by atoms with van der Waals surface area (Å²) in [5, 5.41) is 20.8. The molecule has 15 heavy (non-hydrogen) atoms. The van der Waals surface area contributed by atoms with E-state index in [1.165, 1.54) is 13.0 Å². The normalized spacial score (nSPS) is 10.0. The lowest BCUT2D eigenvalue weighted by Crippen LogP contribution is -2.06. The molecule has 1 aromatic carbocycles. The van der Waals surface area contributed by atoms with Gasteiger partial charge in [0.05, 0.1) is 0 Å². The van der Waals surface area contributed by atoms with Gasteiger partial charge in [0.1, 0.15) is 5.75 Å². The van der Waals surface area contributed by atoms with Crippen molar-refractivity contribution in [2.24, 2.45) is 0 Å². The average Bonchev–Trinajstić information content (AvgIpc) is 2.18. The molecule has 0 heterocycles. The molecule has 1 amide bonds. The van der Waals surface area contributed by atoms with Crippen molar-refractivity contribution >= 4 is 11.6 Å². The largest absolute Gasteiger partial charge is 0.508 e. The smallest absolute Gasteiger partial charge is 0.221 e. The number of carbonyl (C=O) groups is 1. The monoisotopic (exact) mass is 209 g/mol. The fraction of sp³-hybridized carbons (Fsp3) is 0.364. The Bertz CT molecular complexity index is 350. The Morgan fingerprint density at radius 2 is 2.20 bits per heavy atom. The average molecular weight is 209 g/mol. The van der Waals surface area contributed by atoms with Crippen molar-refractivity contribution in [2.45, 2.75) is 19.8 Å². The minimum atomic E-state index is -0.145. The maximum atomic E-state index is 10.8. The van der Waals surface area contributed by atoms with Gasteiger partial charge in [-0.15, -0.1) is 0 Å². The minimum absolute atomic E-state index is 0.0871. The molecule has 0 atom stereocenters. The summed E-state index contributed by atoms with van der Waals surface area (Å²) in [7, 11) is 0. The van der Waals surface area contributed by atoms with Crippen molar-refractivity contribution in [3.63, 3.8) is 0 Å². The highest BCUT2D eigenvalue weighted by Gasteiger charge is 2.03. The topological polar surface area (TPSA) is 69.6 Å². The molecule has 0 bridgehead atoms. The van der Waals surface area contributed by atoms with Gasteiger partial charge in [0.25, 0.3) is 0 Å². The van der Waals surface area contributed by atoms with Crippen molar-refractivity contribution < 1.29 is 15.0 Å². The van der Waals surface area contributed by atoms with Crippen LogP contribution in [-0.4, -0.2) is 22.7 Å². The van der Waals surface area contributed by atoms with E-state index < -0.39 is 0 Å². The quantitative estimate of drug-likeness (QED) is 0.654. The molecule has 0 fully saturated rings. The number of carbonyl (C=O) groups excluding carboxylic acids is 1. The summed E-state index contributed by atoms with van der Waals surface area (Å²) >= 11 is 0. The number of aromatic hydroxyl groups is 1. The highest BCUT2D eigenvalue weighted by molar-refractivity contribution is 5.88. The molecule has 4 heteroatoms. The third kappa shape index (κ3) is 3.59. The zero-order chi connectivity index (χ0) is 11.3. The van der Waals surface area contributed by atoms with Crippen molar-refractivity contribution in [1.82, 2.24) is 0 Å². The predicted molar refractivity (Wildman–Crippen MR) is 57.8 cm³/mol. The molecular weight excluding hydrogens is 194 g/mol. The zero-order valence-corrected chi connectivity index (χ0v) is 8.66. The molecule has 0 aromatic heterocycles. The SMILES string of the molecule is CC(=O)Nc1ccc(O)c(CCCO)c1. The molecule has 0 radical (unpaired) electrons. The number of aliphatic hydroxyl groups is 1. The number of benzene rings is 1. The van der Waals surface area contributed by atoms with Gasteiger partial charge in [-0.1, -0.05) is 0 Å². The van der Waals surface area contributed by atoms with Crippen LogP contribution in [0.15, 0.2) is 18.2 Å². The van der Waals surface area contributed by atoms with Crippen LogP contribution in [-0.2, 0) is 11.2 Å². The predicted octanol–water partition coefficient (Wildman–Crippen LogP) is 1.28. The lowest BCUT2D eigenvalue weighted by molar-refractivity contribution is -0.114. The lowest BCUT2D eigenvalue weighted by Gasteiger charge is -2.07. The van der Waals surface area contributed by atoms with Gasteiger partial charge in [0.2, 0.25) is 5.91 Å². The summed E-state index contributed by atoms with van der Waals surface area (Å²) in [6.45, 7) is 1.52. The summed E-state index contributed by atoms with van der Waals surface area (Å²) in [6, 6.07) is 4.89. The first-order chi connectivity index (χ1) is 7.13. The van der Waals surface area contributed by atoms with Gasteiger partial charge in [-0.2, -0.15) is 0 Å². The maximum Gasteiger partial charge on any atom is 0.221 e. The van der Waals surface area contributed by atoms with Gasteiger partial charge in [0, 0.05) is 19.2 Å². The Labute approximate surface area is 88.6 Å². The Morgan fingerprint density at radius 3 is 2.80 bits per heavy atom. The van der Waals surface area contributed by atoms with Crippen LogP contribution in [0, 0.1) is 0 Å². The van der Waals surface area contributed by atoms with E-state index >= 15 is 0 Å². The summed E-state index contributed by atoms with van der Waals surface area (Å²) in [6.07, 6.45) is 1.19. The van der Waals surface area contributed by atoms with Crippen LogP contribution in [0.25, 0.3) is 0 Å². The van der Waals surface area contributed by atoms with Crippen LogP contribution in [0.4, 0.5) is 5.69 Å². The molecule has 0 unspecified atom stereocenters. The van der Waals surface area contributed by atoms with Crippen LogP contribution in [0.3, 0.4) is 0 Å². The van der Waals surface area contributed by atoms with Crippen LogP contribution in [0.5, 0.6) is 5.75 Å². The van der Waals surface area contributed by atoms with E-state index in [0.717, 1.165) is 5.56 Å². The number of aliphatic hydroxyl groups excluding tert-OH is 1. The molecule has 0 saturated carbocycles. The Hall–Kier alpha value is -1.55. The highest BCUT2D eigenvalue weighted by atomic mass is 16.3. The third-order valence-corrected chi connectivity index (χ3v) is 2.00. The fourth-order valence-corrected chi connectivity index (χ4v) is 1.34. The first kappa shape index (κ1) is 11.5. The van der Waals surface area contributed by atoms with E-state index in [1.54, 1.807) is 12.1 Å². The van der Waals surface area contributed by atoms with E-state index in [1.807, 2.05) is 0 Å². The molecular formula is C11H15NO3. The van der Waals surface area contributed by atoms with E-state index in [2.05, 4.69) is 5.32 Å². The van der Waals surface area contributed by atoms with E-state index in [0.29, 0.717) is 18.5 Å². The Kier molecular flexibility index (Phi) is 4.12. The second kappa shape index (κ2) is 5.36. The minimum Gasteiger partial charge on any atom is -0.508 e. The zero-order valence-electron chi connectivity index (χ0n) is 8.66. The van der Waals surface area contributed by atoms with Crippen molar-refractivity contribution in [1.29, 1.82) is 0 Å². The number of amides is 1. The van der Waals surface area contributed by atoms with E-state index in [9.17, 15) is 9.90 Å². The van der Waals surface area contributed by atoms with Crippen LogP contribution in [0.1, 0.15) is 18.9 Å². The van der Waals surface area contributed by atoms with Crippen molar-refractivity contribution in [3.05, 3.63) is 23.8 Å². The molecule has 1 rings (SSSR count). The standard InChI is InChI=1S/C11H15NO3/c1-8(14)12-10-4-5-11(15)9(7-10)3-2-6-13/h4-5,7,13,15H,2-3,6H2,1H3,(H,12,14). The van der Waals surface area contributed by atoms with Gasteiger partial charge in [-0.05, 0) is 36.6 Å². The number of aryl methyl sites for hydroxylation is 1. The number of hydrogen-bond acceptors (Lipinski definition) is 3. The van der Waals surface area contributed by atoms with Crippen LogP contribution >= 0.6 is 0 Å². The van der Waals surface area contributed by atoms with Crippen molar-refractivity contribution in [2.75, 3.05) is 11.9 Å². The van der Waals surface area contributed by atoms with Crippen molar-refractivity contribution in [3.8, 4) is 5.75 Å².